The standard InChI is InChI=1S/C15H17ClFNO3/c16-12-6-5-11(7-13(12)17)14(19)18-8-9-1-3-10(4-2-9)15(20)21/h5-7,9-10H,1-4,8H2,(H,18,19)(H,20,21). The number of hydrogen-bond donors (Lipinski definition) is 2. The van der Waals surface area contributed by atoms with Crippen LogP contribution < -0.4 is 5.32 Å². The Morgan fingerprint density at radius 1 is 1.29 bits per heavy atom. The quantitative estimate of drug-likeness (QED) is 0.897. The molecule has 1 fully saturated rings. The molecule has 0 unspecified atom stereocenters. The number of halogens is 2. The van der Waals surface area contributed by atoms with E-state index in [1.807, 2.05) is 0 Å². The van der Waals surface area contributed by atoms with Crippen molar-refractivity contribution in [3.05, 3.63) is 34.6 Å². The highest BCUT2D eigenvalue weighted by Crippen LogP contribution is 2.28. The van der Waals surface area contributed by atoms with Crippen molar-refractivity contribution in [1.29, 1.82) is 0 Å². The van der Waals surface area contributed by atoms with Crippen molar-refractivity contribution in [1.82, 2.24) is 5.32 Å². The minimum absolute atomic E-state index is 0.0152. The summed E-state index contributed by atoms with van der Waals surface area (Å²) in [6.45, 7) is 0.482. The van der Waals surface area contributed by atoms with Crippen LogP contribution in [-0.4, -0.2) is 23.5 Å². The zero-order valence-electron chi connectivity index (χ0n) is 11.4. The van der Waals surface area contributed by atoms with Gasteiger partial charge in [0.25, 0.3) is 5.91 Å². The van der Waals surface area contributed by atoms with E-state index in [4.69, 9.17) is 16.7 Å². The predicted octanol–water partition coefficient (Wildman–Crippen LogP) is 3.10. The summed E-state index contributed by atoms with van der Waals surface area (Å²) in [6.07, 6.45) is 2.86. The van der Waals surface area contributed by atoms with Crippen molar-refractivity contribution in [2.75, 3.05) is 6.54 Å². The maximum atomic E-state index is 13.3. The SMILES string of the molecule is O=C(NCC1CCC(C(=O)O)CC1)c1ccc(Cl)c(F)c1. The first kappa shape index (κ1) is 15.8. The second-order valence-corrected chi connectivity index (χ2v) is 5.80. The van der Waals surface area contributed by atoms with Crippen LogP contribution in [0, 0.1) is 17.7 Å². The fraction of sp³-hybridized carbons (Fsp3) is 0.467. The van der Waals surface area contributed by atoms with Crippen LogP contribution in [0.15, 0.2) is 18.2 Å². The van der Waals surface area contributed by atoms with Crippen molar-refractivity contribution in [3.63, 3.8) is 0 Å². The van der Waals surface area contributed by atoms with Crippen LogP contribution in [0.1, 0.15) is 36.0 Å². The molecule has 0 saturated heterocycles. The average Bonchev–Trinajstić information content (AvgIpc) is 2.48. The van der Waals surface area contributed by atoms with Gasteiger partial charge in [0.2, 0.25) is 0 Å². The van der Waals surface area contributed by atoms with Crippen LogP contribution in [0.3, 0.4) is 0 Å². The van der Waals surface area contributed by atoms with Gasteiger partial charge >= 0.3 is 5.97 Å². The number of rotatable bonds is 4. The molecule has 1 aliphatic carbocycles. The van der Waals surface area contributed by atoms with E-state index in [0.29, 0.717) is 19.4 Å². The highest BCUT2D eigenvalue weighted by atomic mass is 35.5. The van der Waals surface area contributed by atoms with E-state index in [1.165, 1.54) is 12.1 Å². The fourth-order valence-corrected chi connectivity index (χ4v) is 2.71. The minimum Gasteiger partial charge on any atom is -0.481 e. The number of carbonyl (C=O) groups excluding carboxylic acids is 1. The monoisotopic (exact) mass is 313 g/mol. The Balaban J connectivity index is 1.82. The Hall–Kier alpha value is -1.62. The molecular weight excluding hydrogens is 297 g/mol. The molecule has 0 atom stereocenters. The largest absolute Gasteiger partial charge is 0.481 e. The van der Waals surface area contributed by atoms with Crippen molar-refractivity contribution < 1.29 is 19.1 Å². The Kier molecular flexibility index (Phi) is 5.17. The van der Waals surface area contributed by atoms with E-state index in [9.17, 15) is 14.0 Å². The predicted molar refractivity (Wildman–Crippen MR) is 76.8 cm³/mol. The third-order valence-corrected chi connectivity index (χ3v) is 4.24. The second kappa shape index (κ2) is 6.89. The van der Waals surface area contributed by atoms with Gasteiger partial charge in [-0.2, -0.15) is 0 Å². The lowest BCUT2D eigenvalue weighted by Gasteiger charge is -2.26. The maximum Gasteiger partial charge on any atom is 0.306 e. The molecule has 0 heterocycles. The molecule has 0 aliphatic heterocycles. The summed E-state index contributed by atoms with van der Waals surface area (Å²) in [5, 5.41) is 11.7. The topological polar surface area (TPSA) is 66.4 Å². The van der Waals surface area contributed by atoms with Gasteiger partial charge in [0.05, 0.1) is 10.9 Å². The Morgan fingerprint density at radius 3 is 2.52 bits per heavy atom. The molecule has 1 aromatic rings. The van der Waals surface area contributed by atoms with Crippen LogP contribution in [0.5, 0.6) is 0 Å². The minimum atomic E-state index is -0.742. The number of hydrogen-bond acceptors (Lipinski definition) is 2. The first-order valence-electron chi connectivity index (χ1n) is 6.93. The molecule has 6 heteroatoms. The van der Waals surface area contributed by atoms with Gasteiger partial charge in [-0.15, -0.1) is 0 Å². The van der Waals surface area contributed by atoms with E-state index in [-0.39, 0.29) is 28.3 Å². The molecule has 2 N–H and O–H groups in total. The van der Waals surface area contributed by atoms with E-state index in [1.54, 1.807) is 0 Å². The third kappa shape index (κ3) is 4.17. The second-order valence-electron chi connectivity index (χ2n) is 5.39. The Labute approximate surface area is 127 Å². The average molecular weight is 314 g/mol. The Morgan fingerprint density at radius 2 is 1.95 bits per heavy atom. The van der Waals surface area contributed by atoms with Gasteiger partial charge < -0.3 is 10.4 Å². The number of carboxylic acids is 1. The van der Waals surface area contributed by atoms with E-state index >= 15 is 0 Å². The van der Waals surface area contributed by atoms with Gasteiger partial charge in [0, 0.05) is 12.1 Å². The van der Waals surface area contributed by atoms with Crippen molar-refractivity contribution >= 4 is 23.5 Å². The molecule has 0 radical (unpaired) electrons. The zero-order valence-corrected chi connectivity index (χ0v) is 12.2. The number of carbonyl (C=O) groups is 2. The molecule has 1 amide bonds. The van der Waals surface area contributed by atoms with Crippen LogP contribution in [0.2, 0.25) is 5.02 Å². The van der Waals surface area contributed by atoms with Crippen molar-refractivity contribution in [2.24, 2.45) is 11.8 Å². The van der Waals surface area contributed by atoms with Crippen molar-refractivity contribution in [3.8, 4) is 0 Å². The van der Waals surface area contributed by atoms with Crippen LogP contribution in [-0.2, 0) is 4.79 Å². The van der Waals surface area contributed by atoms with Gasteiger partial charge in [-0.25, -0.2) is 4.39 Å². The molecule has 4 nitrogen and oxygen atoms in total. The molecule has 0 spiro atoms. The molecule has 1 aromatic carbocycles. The number of carboxylic acid groups (broad SMARTS) is 1. The number of aliphatic carboxylic acids is 1. The smallest absolute Gasteiger partial charge is 0.306 e. The van der Waals surface area contributed by atoms with Crippen LogP contribution >= 0.6 is 11.6 Å². The highest BCUT2D eigenvalue weighted by Gasteiger charge is 2.26. The summed E-state index contributed by atoms with van der Waals surface area (Å²) in [4.78, 5) is 22.8. The first-order chi connectivity index (χ1) is 9.97. The lowest BCUT2D eigenvalue weighted by Crippen LogP contribution is -2.32. The van der Waals surface area contributed by atoms with Crippen LogP contribution in [0.4, 0.5) is 4.39 Å². The Bertz CT molecular complexity index is 542. The highest BCUT2D eigenvalue weighted by molar-refractivity contribution is 6.30. The number of nitrogens with one attached hydrogen (secondary N) is 1. The van der Waals surface area contributed by atoms with Gasteiger partial charge in [-0.1, -0.05) is 11.6 Å². The molecule has 1 saturated carbocycles. The molecular formula is C15H17ClFNO3. The summed E-state index contributed by atoms with van der Waals surface area (Å²) in [5.41, 5.74) is 0.233. The lowest BCUT2D eigenvalue weighted by atomic mass is 9.82. The third-order valence-electron chi connectivity index (χ3n) is 3.93. The van der Waals surface area contributed by atoms with Crippen molar-refractivity contribution in [2.45, 2.75) is 25.7 Å². The van der Waals surface area contributed by atoms with E-state index in [0.717, 1.165) is 18.9 Å². The summed E-state index contributed by atoms with van der Waals surface area (Å²) in [5.74, 6) is -1.68. The van der Waals surface area contributed by atoms with Crippen LogP contribution in [0.25, 0.3) is 0 Å². The molecule has 0 aromatic heterocycles. The van der Waals surface area contributed by atoms with Gasteiger partial charge in [-0.05, 0) is 49.8 Å². The molecule has 21 heavy (non-hydrogen) atoms. The molecule has 114 valence electrons. The van der Waals surface area contributed by atoms with E-state index in [2.05, 4.69) is 5.32 Å². The fourth-order valence-electron chi connectivity index (χ4n) is 2.59. The van der Waals surface area contributed by atoms with Gasteiger partial charge in [0.15, 0.2) is 0 Å². The normalized spacial score (nSPS) is 21.8. The first-order valence-corrected chi connectivity index (χ1v) is 7.31. The summed E-state index contributed by atoms with van der Waals surface area (Å²) >= 11 is 5.57. The lowest BCUT2D eigenvalue weighted by molar-refractivity contribution is -0.143. The zero-order chi connectivity index (χ0) is 15.4. The van der Waals surface area contributed by atoms with Gasteiger partial charge in [-0.3, -0.25) is 9.59 Å². The summed E-state index contributed by atoms with van der Waals surface area (Å²) in [6, 6.07) is 3.94. The number of benzene rings is 1. The van der Waals surface area contributed by atoms with E-state index < -0.39 is 11.8 Å². The molecule has 1 aliphatic rings. The summed E-state index contributed by atoms with van der Waals surface area (Å²) < 4.78 is 13.3. The molecule has 2 rings (SSSR count). The maximum absolute atomic E-state index is 13.3. The number of amides is 1. The van der Waals surface area contributed by atoms with Gasteiger partial charge in [0.1, 0.15) is 5.82 Å². The molecule has 0 bridgehead atoms. The summed E-state index contributed by atoms with van der Waals surface area (Å²) in [7, 11) is 0.